The molecule has 0 bridgehead atoms. The van der Waals surface area contributed by atoms with E-state index < -0.39 is 0 Å². The Labute approximate surface area is 124 Å². The SMILES string of the molecule is CN(CC(=O)NC(C)(C)C)C(=O)COc1ccc(F)cc1. The van der Waals surface area contributed by atoms with Crippen molar-refractivity contribution >= 4 is 11.8 Å². The highest BCUT2D eigenvalue weighted by Gasteiger charge is 2.18. The van der Waals surface area contributed by atoms with E-state index in [1.54, 1.807) is 0 Å². The number of carbonyl (C=O) groups excluding carboxylic acids is 2. The monoisotopic (exact) mass is 296 g/mol. The van der Waals surface area contributed by atoms with Gasteiger partial charge in [-0.3, -0.25) is 9.59 Å². The van der Waals surface area contributed by atoms with Gasteiger partial charge in [-0.05, 0) is 45.0 Å². The van der Waals surface area contributed by atoms with Crippen LogP contribution in [0.4, 0.5) is 4.39 Å². The summed E-state index contributed by atoms with van der Waals surface area (Å²) in [6.07, 6.45) is 0. The van der Waals surface area contributed by atoms with E-state index in [4.69, 9.17) is 4.74 Å². The summed E-state index contributed by atoms with van der Waals surface area (Å²) in [6, 6.07) is 5.38. The Morgan fingerprint density at radius 2 is 1.81 bits per heavy atom. The summed E-state index contributed by atoms with van der Waals surface area (Å²) in [5, 5.41) is 2.77. The van der Waals surface area contributed by atoms with Gasteiger partial charge in [-0.1, -0.05) is 0 Å². The van der Waals surface area contributed by atoms with Gasteiger partial charge >= 0.3 is 0 Å². The molecule has 0 aliphatic rings. The van der Waals surface area contributed by atoms with E-state index in [2.05, 4.69) is 5.32 Å². The standard InChI is InChI=1S/C15H21FN2O3/c1-15(2,3)17-13(19)9-18(4)14(20)10-21-12-7-5-11(16)6-8-12/h5-8H,9-10H2,1-4H3,(H,17,19). The summed E-state index contributed by atoms with van der Waals surface area (Å²) >= 11 is 0. The largest absolute Gasteiger partial charge is 0.484 e. The number of likely N-dealkylation sites (N-methyl/N-ethyl adjacent to an activating group) is 1. The van der Waals surface area contributed by atoms with Gasteiger partial charge in [-0.2, -0.15) is 0 Å². The number of amides is 2. The molecular weight excluding hydrogens is 275 g/mol. The van der Waals surface area contributed by atoms with Crippen LogP contribution in [0.1, 0.15) is 20.8 Å². The Morgan fingerprint density at radius 1 is 1.24 bits per heavy atom. The second-order valence-corrected chi connectivity index (χ2v) is 5.79. The third kappa shape index (κ3) is 6.74. The van der Waals surface area contributed by atoms with Crippen molar-refractivity contribution in [2.45, 2.75) is 26.3 Å². The number of hydrogen-bond acceptors (Lipinski definition) is 3. The van der Waals surface area contributed by atoms with Crippen LogP contribution in [0.5, 0.6) is 5.75 Å². The highest BCUT2D eigenvalue weighted by atomic mass is 19.1. The topological polar surface area (TPSA) is 58.6 Å². The average Bonchev–Trinajstić information content (AvgIpc) is 2.35. The predicted octanol–water partition coefficient (Wildman–Crippen LogP) is 1.58. The molecule has 0 spiro atoms. The number of hydrogen-bond donors (Lipinski definition) is 1. The molecule has 21 heavy (non-hydrogen) atoms. The highest BCUT2D eigenvalue weighted by Crippen LogP contribution is 2.10. The minimum atomic E-state index is -0.371. The van der Waals surface area contributed by atoms with Crippen LogP contribution in [0, 0.1) is 5.82 Å². The molecule has 0 heterocycles. The van der Waals surface area contributed by atoms with Crippen molar-refractivity contribution in [2.24, 2.45) is 0 Å². The van der Waals surface area contributed by atoms with E-state index in [9.17, 15) is 14.0 Å². The molecule has 0 radical (unpaired) electrons. The van der Waals surface area contributed by atoms with E-state index >= 15 is 0 Å². The Bertz CT molecular complexity index is 495. The third-order valence-electron chi connectivity index (χ3n) is 2.50. The van der Waals surface area contributed by atoms with Crippen molar-refractivity contribution in [3.63, 3.8) is 0 Å². The number of ether oxygens (including phenoxy) is 1. The molecule has 0 aromatic heterocycles. The Hall–Kier alpha value is -2.11. The lowest BCUT2D eigenvalue weighted by atomic mass is 10.1. The second kappa shape index (κ2) is 7.06. The zero-order chi connectivity index (χ0) is 16.0. The summed E-state index contributed by atoms with van der Waals surface area (Å²) in [4.78, 5) is 24.8. The van der Waals surface area contributed by atoms with Crippen LogP contribution in [-0.2, 0) is 9.59 Å². The molecule has 1 N–H and O–H groups in total. The minimum Gasteiger partial charge on any atom is -0.484 e. The smallest absolute Gasteiger partial charge is 0.260 e. The van der Waals surface area contributed by atoms with E-state index in [0.29, 0.717) is 5.75 Å². The molecule has 1 aromatic carbocycles. The van der Waals surface area contributed by atoms with E-state index in [1.165, 1.54) is 36.2 Å². The van der Waals surface area contributed by atoms with Gasteiger partial charge in [-0.25, -0.2) is 4.39 Å². The molecule has 0 unspecified atom stereocenters. The van der Waals surface area contributed by atoms with E-state index in [-0.39, 0.29) is 36.3 Å². The molecular formula is C15H21FN2O3. The lowest BCUT2D eigenvalue weighted by Gasteiger charge is -2.23. The lowest BCUT2D eigenvalue weighted by Crippen LogP contribution is -2.47. The number of carbonyl (C=O) groups is 2. The molecule has 0 fully saturated rings. The fourth-order valence-corrected chi connectivity index (χ4v) is 1.55. The molecule has 0 saturated heterocycles. The van der Waals surface area contributed by atoms with Crippen molar-refractivity contribution in [3.05, 3.63) is 30.1 Å². The number of nitrogens with one attached hydrogen (secondary N) is 1. The van der Waals surface area contributed by atoms with E-state index in [0.717, 1.165) is 0 Å². The van der Waals surface area contributed by atoms with Crippen LogP contribution < -0.4 is 10.1 Å². The number of nitrogens with zero attached hydrogens (tertiary/aromatic N) is 1. The summed E-state index contributed by atoms with van der Waals surface area (Å²) in [5.41, 5.74) is -0.342. The van der Waals surface area contributed by atoms with Crippen molar-refractivity contribution in [1.82, 2.24) is 10.2 Å². The first-order chi connectivity index (χ1) is 9.67. The van der Waals surface area contributed by atoms with Crippen molar-refractivity contribution in [2.75, 3.05) is 20.2 Å². The van der Waals surface area contributed by atoms with Gasteiger partial charge in [0.1, 0.15) is 11.6 Å². The zero-order valence-electron chi connectivity index (χ0n) is 12.8. The number of halogens is 1. The molecule has 0 aliphatic heterocycles. The van der Waals surface area contributed by atoms with Gasteiger partial charge in [0.25, 0.3) is 5.91 Å². The van der Waals surface area contributed by atoms with E-state index in [1.807, 2.05) is 20.8 Å². The van der Waals surface area contributed by atoms with Gasteiger partial charge in [0.05, 0.1) is 6.54 Å². The van der Waals surface area contributed by atoms with Gasteiger partial charge < -0.3 is 15.0 Å². The van der Waals surface area contributed by atoms with Crippen molar-refractivity contribution in [1.29, 1.82) is 0 Å². The number of benzene rings is 1. The fourth-order valence-electron chi connectivity index (χ4n) is 1.55. The first-order valence-electron chi connectivity index (χ1n) is 6.61. The third-order valence-corrected chi connectivity index (χ3v) is 2.50. The molecule has 1 aromatic rings. The van der Waals surface area contributed by atoms with Gasteiger partial charge in [0, 0.05) is 12.6 Å². The molecule has 116 valence electrons. The van der Waals surface area contributed by atoms with Gasteiger partial charge in [0.2, 0.25) is 5.91 Å². The van der Waals surface area contributed by atoms with Crippen LogP contribution in [0.3, 0.4) is 0 Å². The summed E-state index contributed by atoms with van der Waals surface area (Å²) in [7, 11) is 1.53. The quantitative estimate of drug-likeness (QED) is 0.897. The normalized spacial score (nSPS) is 10.9. The minimum absolute atomic E-state index is 0.0388. The van der Waals surface area contributed by atoms with Crippen LogP contribution in [0.15, 0.2) is 24.3 Å². The molecule has 2 amide bonds. The maximum Gasteiger partial charge on any atom is 0.260 e. The highest BCUT2D eigenvalue weighted by molar-refractivity contribution is 5.85. The van der Waals surface area contributed by atoms with Crippen molar-refractivity contribution < 1.29 is 18.7 Å². The average molecular weight is 296 g/mol. The zero-order valence-corrected chi connectivity index (χ0v) is 12.8. The van der Waals surface area contributed by atoms with Crippen LogP contribution in [-0.4, -0.2) is 42.5 Å². The van der Waals surface area contributed by atoms with Crippen LogP contribution in [0.2, 0.25) is 0 Å². The molecule has 0 atom stereocenters. The van der Waals surface area contributed by atoms with Crippen LogP contribution >= 0.6 is 0 Å². The Morgan fingerprint density at radius 3 is 2.33 bits per heavy atom. The summed E-state index contributed by atoms with van der Waals surface area (Å²) in [5.74, 6) is -0.537. The molecule has 0 aliphatic carbocycles. The van der Waals surface area contributed by atoms with Gasteiger partial charge in [0.15, 0.2) is 6.61 Å². The molecule has 0 saturated carbocycles. The summed E-state index contributed by atoms with van der Waals surface area (Å²) < 4.78 is 18.0. The van der Waals surface area contributed by atoms with Crippen LogP contribution in [0.25, 0.3) is 0 Å². The van der Waals surface area contributed by atoms with Gasteiger partial charge in [-0.15, -0.1) is 0 Å². The Kier molecular flexibility index (Phi) is 5.69. The maximum absolute atomic E-state index is 12.7. The predicted molar refractivity (Wildman–Crippen MR) is 77.4 cm³/mol. The first-order valence-corrected chi connectivity index (χ1v) is 6.61. The van der Waals surface area contributed by atoms with Crippen molar-refractivity contribution in [3.8, 4) is 5.75 Å². The summed E-state index contributed by atoms with van der Waals surface area (Å²) in [6.45, 7) is 5.35. The fraction of sp³-hybridized carbons (Fsp3) is 0.467. The Balaban J connectivity index is 2.40. The number of rotatable bonds is 5. The molecule has 1 rings (SSSR count). The maximum atomic E-state index is 12.7. The molecule has 5 nitrogen and oxygen atoms in total. The molecule has 6 heteroatoms. The first kappa shape index (κ1) is 16.9. The lowest BCUT2D eigenvalue weighted by molar-refractivity contribution is -0.136. The second-order valence-electron chi connectivity index (χ2n) is 5.79.